The van der Waals surface area contributed by atoms with Crippen LogP contribution in [0.1, 0.15) is 12.1 Å². The quantitative estimate of drug-likeness (QED) is 0.564. The molecule has 0 spiro atoms. The number of hydrogen-bond acceptors (Lipinski definition) is 5. The summed E-state index contributed by atoms with van der Waals surface area (Å²) in [6.45, 7) is 0.721. The smallest absolute Gasteiger partial charge is 0.358 e. The summed E-state index contributed by atoms with van der Waals surface area (Å²) in [5, 5.41) is 18.4. The van der Waals surface area contributed by atoms with Crippen molar-refractivity contribution in [2.24, 2.45) is 7.05 Å². The zero-order valence-electron chi connectivity index (χ0n) is 12.1. The van der Waals surface area contributed by atoms with Crippen LogP contribution in [-0.4, -0.2) is 42.3 Å². The van der Waals surface area contributed by atoms with E-state index in [9.17, 15) is 14.9 Å². The molecule has 2 rings (SSSR count). The monoisotopic (exact) mass is 370 g/mol. The number of hydrogen-bond donors (Lipinski definition) is 0. The van der Waals surface area contributed by atoms with E-state index in [2.05, 4.69) is 26.1 Å². The van der Waals surface area contributed by atoms with Gasteiger partial charge in [-0.25, -0.2) is 0 Å². The molecule has 9 nitrogen and oxygen atoms in total. The van der Waals surface area contributed by atoms with E-state index < -0.39 is 4.92 Å². The minimum atomic E-state index is -0.565. The van der Waals surface area contributed by atoms with Crippen molar-refractivity contribution in [2.75, 3.05) is 7.05 Å². The molecule has 22 heavy (non-hydrogen) atoms. The zero-order chi connectivity index (χ0) is 16.3. The molecule has 0 fully saturated rings. The zero-order valence-corrected chi connectivity index (χ0v) is 13.7. The topological polar surface area (TPSA) is 99.1 Å². The largest absolute Gasteiger partial charge is 0.389 e. The molecule has 0 aliphatic rings. The lowest BCUT2D eigenvalue weighted by molar-refractivity contribution is -0.389. The van der Waals surface area contributed by atoms with Crippen LogP contribution in [-0.2, 0) is 24.9 Å². The molecule has 0 aliphatic carbocycles. The summed E-state index contributed by atoms with van der Waals surface area (Å²) >= 11 is 3.39. The molecule has 10 heteroatoms. The fourth-order valence-electron chi connectivity index (χ4n) is 1.90. The van der Waals surface area contributed by atoms with Crippen LogP contribution in [0, 0.1) is 10.1 Å². The maximum atomic E-state index is 12.1. The van der Waals surface area contributed by atoms with Gasteiger partial charge in [0.1, 0.15) is 0 Å². The highest BCUT2D eigenvalue weighted by Gasteiger charge is 2.16. The van der Waals surface area contributed by atoms with Gasteiger partial charge >= 0.3 is 5.82 Å². The molecule has 2 aromatic rings. The second kappa shape index (κ2) is 6.69. The molecule has 1 amide bonds. The van der Waals surface area contributed by atoms with Gasteiger partial charge in [-0.05, 0) is 20.9 Å². The van der Waals surface area contributed by atoms with Crippen molar-refractivity contribution in [3.63, 3.8) is 0 Å². The Morgan fingerprint density at radius 2 is 2.27 bits per heavy atom. The number of rotatable bonds is 6. The van der Waals surface area contributed by atoms with Gasteiger partial charge in [-0.2, -0.15) is 9.78 Å². The number of halogens is 1. The molecular formula is C12H15BrN6O3. The molecule has 0 aliphatic heterocycles. The third-order valence-corrected chi connectivity index (χ3v) is 3.85. The molecule has 0 atom stereocenters. The van der Waals surface area contributed by atoms with Crippen molar-refractivity contribution < 1.29 is 9.72 Å². The molecule has 0 N–H and O–H groups in total. The standard InChI is InChI=1S/C12H15BrN6O3/c1-16(8-10-9(13)7-14-17(10)2)12(20)4-6-18-5-3-11(15-18)19(21)22/h3,5,7H,4,6,8H2,1-2H3. The molecular weight excluding hydrogens is 356 g/mol. The van der Waals surface area contributed by atoms with Gasteiger partial charge in [0, 0.05) is 20.5 Å². The van der Waals surface area contributed by atoms with E-state index in [1.54, 1.807) is 29.9 Å². The van der Waals surface area contributed by atoms with Gasteiger partial charge in [0.15, 0.2) is 0 Å². The minimum Gasteiger partial charge on any atom is -0.358 e. The predicted octanol–water partition coefficient (Wildman–Crippen LogP) is 1.34. The van der Waals surface area contributed by atoms with E-state index in [1.165, 1.54) is 16.9 Å². The van der Waals surface area contributed by atoms with E-state index in [1.807, 2.05) is 0 Å². The Labute approximate surface area is 134 Å². The van der Waals surface area contributed by atoms with Crippen LogP contribution in [0.5, 0.6) is 0 Å². The second-order valence-electron chi connectivity index (χ2n) is 4.76. The Balaban J connectivity index is 1.90. The molecule has 0 aromatic carbocycles. The molecule has 0 saturated heterocycles. The first kappa shape index (κ1) is 16.1. The van der Waals surface area contributed by atoms with Gasteiger partial charge in [-0.15, -0.1) is 0 Å². The number of carbonyl (C=O) groups is 1. The predicted molar refractivity (Wildman–Crippen MR) is 80.9 cm³/mol. The Morgan fingerprint density at radius 3 is 2.82 bits per heavy atom. The van der Waals surface area contributed by atoms with Crippen LogP contribution in [0.3, 0.4) is 0 Å². The Hall–Kier alpha value is -2.23. The third kappa shape index (κ3) is 3.70. The summed E-state index contributed by atoms with van der Waals surface area (Å²) in [7, 11) is 3.51. The first-order valence-corrected chi connectivity index (χ1v) is 7.26. The highest BCUT2D eigenvalue weighted by molar-refractivity contribution is 9.10. The second-order valence-corrected chi connectivity index (χ2v) is 5.61. The van der Waals surface area contributed by atoms with Gasteiger partial charge in [0.25, 0.3) is 0 Å². The van der Waals surface area contributed by atoms with E-state index in [0.717, 1.165) is 10.2 Å². The molecule has 2 heterocycles. The summed E-state index contributed by atoms with van der Waals surface area (Å²) in [4.78, 5) is 23.7. The minimum absolute atomic E-state index is 0.0775. The molecule has 0 radical (unpaired) electrons. The highest BCUT2D eigenvalue weighted by Crippen LogP contribution is 2.17. The van der Waals surface area contributed by atoms with Crippen LogP contribution in [0.2, 0.25) is 0 Å². The van der Waals surface area contributed by atoms with Gasteiger partial charge in [0.2, 0.25) is 5.91 Å². The van der Waals surface area contributed by atoms with Crippen molar-refractivity contribution in [3.8, 4) is 0 Å². The molecule has 118 valence electrons. The Morgan fingerprint density at radius 1 is 1.55 bits per heavy atom. The number of nitro groups is 1. The summed E-state index contributed by atoms with van der Waals surface area (Å²) in [5.74, 6) is -0.300. The number of amides is 1. The number of carbonyl (C=O) groups excluding carboxylic acids is 1. The summed E-state index contributed by atoms with van der Waals surface area (Å²) in [6.07, 6.45) is 3.38. The third-order valence-electron chi connectivity index (χ3n) is 3.19. The number of nitrogens with zero attached hydrogens (tertiary/aromatic N) is 6. The van der Waals surface area contributed by atoms with Gasteiger partial charge < -0.3 is 15.0 Å². The number of aromatic nitrogens is 4. The summed E-state index contributed by atoms with van der Waals surface area (Å²) in [6, 6.07) is 1.31. The molecule has 2 aromatic heterocycles. The average Bonchev–Trinajstić information content (AvgIpc) is 3.06. The first-order chi connectivity index (χ1) is 10.4. The van der Waals surface area contributed by atoms with Gasteiger partial charge in [-0.1, -0.05) is 0 Å². The van der Waals surface area contributed by atoms with Crippen LogP contribution >= 0.6 is 15.9 Å². The van der Waals surface area contributed by atoms with E-state index >= 15 is 0 Å². The normalized spacial score (nSPS) is 10.7. The van der Waals surface area contributed by atoms with Crippen molar-refractivity contribution in [2.45, 2.75) is 19.5 Å². The lowest BCUT2D eigenvalue weighted by Gasteiger charge is -2.17. The van der Waals surface area contributed by atoms with Gasteiger partial charge in [-0.3, -0.25) is 9.48 Å². The van der Waals surface area contributed by atoms with Crippen molar-refractivity contribution in [3.05, 3.63) is 38.7 Å². The van der Waals surface area contributed by atoms with E-state index in [0.29, 0.717) is 13.1 Å². The summed E-state index contributed by atoms with van der Waals surface area (Å²) < 4.78 is 3.94. The van der Waals surface area contributed by atoms with E-state index in [-0.39, 0.29) is 18.1 Å². The fourth-order valence-corrected chi connectivity index (χ4v) is 2.37. The number of aryl methyl sites for hydroxylation is 2. The SMILES string of the molecule is CN(Cc1c(Br)cnn1C)C(=O)CCn1ccc([N+](=O)[O-])n1. The van der Waals surface area contributed by atoms with Crippen molar-refractivity contribution >= 4 is 27.7 Å². The lowest BCUT2D eigenvalue weighted by atomic mass is 10.3. The van der Waals surface area contributed by atoms with Crippen LogP contribution in [0.4, 0.5) is 5.82 Å². The van der Waals surface area contributed by atoms with Gasteiger partial charge in [0.05, 0.1) is 46.8 Å². The summed E-state index contributed by atoms with van der Waals surface area (Å²) in [5.41, 5.74) is 0.894. The van der Waals surface area contributed by atoms with Crippen LogP contribution < -0.4 is 0 Å². The average molecular weight is 371 g/mol. The van der Waals surface area contributed by atoms with Crippen molar-refractivity contribution in [1.82, 2.24) is 24.5 Å². The first-order valence-electron chi connectivity index (χ1n) is 6.46. The van der Waals surface area contributed by atoms with Crippen LogP contribution in [0.15, 0.2) is 22.9 Å². The molecule has 0 bridgehead atoms. The van der Waals surface area contributed by atoms with E-state index in [4.69, 9.17) is 0 Å². The lowest BCUT2D eigenvalue weighted by Crippen LogP contribution is -2.28. The maximum absolute atomic E-state index is 12.1. The Kier molecular flexibility index (Phi) is 4.91. The molecule has 0 unspecified atom stereocenters. The maximum Gasteiger partial charge on any atom is 0.389 e. The highest BCUT2D eigenvalue weighted by atomic mass is 79.9. The van der Waals surface area contributed by atoms with Crippen molar-refractivity contribution in [1.29, 1.82) is 0 Å². The fraction of sp³-hybridized carbons (Fsp3) is 0.417. The van der Waals surface area contributed by atoms with Crippen LogP contribution in [0.25, 0.3) is 0 Å². The molecule has 0 saturated carbocycles. The Bertz CT molecular complexity index is 675.